The molecule has 0 radical (unpaired) electrons. The second-order valence-electron chi connectivity index (χ2n) is 6.21. The van der Waals surface area contributed by atoms with Gasteiger partial charge in [-0.15, -0.1) is 0 Å². The first-order valence-electron chi connectivity index (χ1n) is 8.63. The van der Waals surface area contributed by atoms with E-state index in [1.807, 2.05) is 12.1 Å². The van der Waals surface area contributed by atoms with Gasteiger partial charge < -0.3 is 20.1 Å². The van der Waals surface area contributed by atoms with Crippen LogP contribution in [0.1, 0.15) is 27.6 Å². The molecule has 0 saturated carbocycles. The van der Waals surface area contributed by atoms with Gasteiger partial charge in [-0.2, -0.15) is 0 Å². The summed E-state index contributed by atoms with van der Waals surface area (Å²) < 4.78 is 10.5. The highest BCUT2D eigenvalue weighted by Gasteiger charge is 2.16. The van der Waals surface area contributed by atoms with E-state index in [1.165, 1.54) is 6.92 Å². The van der Waals surface area contributed by atoms with Crippen molar-refractivity contribution in [3.05, 3.63) is 71.9 Å². The van der Waals surface area contributed by atoms with Crippen LogP contribution in [0.3, 0.4) is 0 Å². The lowest BCUT2D eigenvalue weighted by Crippen LogP contribution is -2.12. The average Bonchev–Trinajstić information content (AvgIpc) is 3.17. The second-order valence-corrected chi connectivity index (χ2v) is 6.21. The minimum atomic E-state index is -0.286. The number of benzene rings is 2. The van der Waals surface area contributed by atoms with Crippen LogP contribution in [0.15, 0.2) is 60.8 Å². The van der Waals surface area contributed by atoms with Crippen LogP contribution in [0.5, 0.6) is 11.5 Å². The number of carbonyl (C=O) groups is 2. The van der Waals surface area contributed by atoms with Crippen LogP contribution >= 0.6 is 0 Å². The maximum Gasteiger partial charge on any atom is 0.256 e. The number of ether oxygens (including phenoxy) is 2. The summed E-state index contributed by atoms with van der Waals surface area (Å²) in [5.41, 5.74) is 2.71. The van der Waals surface area contributed by atoms with E-state index in [9.17, 15) is 9.59 Å². The predicted molar refractivity (Wildman–Crippen MR) is 104 cm³/mol. The number of nitrogens with one attached hydrogen (secondary N) is 2. The van der Waals surface area contributed by atoms with Crippen molar-refractivity contribution in [2.75, 3.05) is 17.4 Å². The molecule has 1 aromatic heterocycles. The quantitative estimate of drug-likeness (QED) is 0.655. The second kappa shape index (κ2) is 7.40. The zero-order valence-electron chi connectivity index (χ0n) is 15.1. The summed E-state index contributed by atoms with van der Waals surface area (Å²) in [4.78, 5) is 28.0. The molecule has 2 heterocycles. The number of fused-ring (bicyclic) bond motifs is 1. The first kappa shape index (κ1) is 17.5. The van der Waals surface area contributed by atoms with Gasteiger partial charge in [0.1, 0.15) is 5.82 Å². The van der Waals surface area contributed by atoms with Crippen molar-refractivity contribution in [1.29, 1.82) is 0 Å². The van der Waals surface area contributed by atoms with Gasteiger partial charge in [-0.05, 0) is 61.5 Å². The van der Waals surface area contributed by atoms with Crippen LogP contribution in [0.4, 0.5) is 17.2 Å². The minimum absolute atomic E-state index is 0.0239. The molecule has 0 atom stereocenters. The minimum Gasteiger partial charge on any atom is -0.454 e. The summed E-state index contributed by atoms with van der Waals surface area (Å²) in [6.07, 6.45) is 1.62. The van der Waals surface area contributed by atoms with Gasteiger partial charge in [-0.3, -0.25) is 9.59 Å². The van der Waals surface area contributed by atoms with Gasteiger partial charge >= 0.3 is 0 Å². The summed E-state index contributed by atoms with van der Waals surface area (Å²) in [6.45, 7) is 1.69. The van der Waals surface area contributed by atoms with Gasteiger partial charge in [0.15, 0.2) is 17.3 Å². The van der Waals surface area contributed by atoms with Gasteiger partial charge in [0, 0.05) is 16.8 Å². The first-order valence-corrected chi connectivity index (χ1v) is 8.63. The molecule has 0 saturated heterocycles. The Morgan fingerprint density at radius 3 is 2.32 bits per heavy atom. The number of pyridine rings is 1. The van der Waals surface area contributed by atoms with Crippen LogP contribution in [0, 0.1) is 0 Å². The summed E-state index contributed by atoms with van der Waals surface area (Å²) >= 11 is 0. The molecule has 0 bridgehead atoms. The van der Waals surface area contributed by atoms with Crippen LogP contribution in [0.25, 0.3) is 0 Å². The lowest BCUT2D eigenvalue weighted by atomic mass is 10.1. The van der Waals surface area contributed by atoms with Crippen LogP contribution in [-0.2, 0) is 0 Å². The largest absolute Gasteiger partial charge is 0.454 e. The number of amides is 1. The maximum atomic E-state index is 12.4. The SMILES string of the molecule is CC(=O)c1ccc(Nc2ccc(NC(=O)c3ccc4c(c3)OCO4)nc2)cc1. The van der Waals surface area contributed by atoms with Crippen LogP contribution < -0.4 is 20.1 Å². The molecule has 1 aliphatic rings. The zero-order valence-corrected chi connectivity index (χ0v) is 15.1. The molecular formula is C21H17N3O4. The van der Waals surface area contributed by atoms with Crippen molar-refractivity contribution in [3.8, 4) is 11.5 Å². The van der Waals surface area contributed by atoms with Gasteiger partial charge in [-0.1, -0.05) is 0 Å². The molecule has 4 rings (SSSR count). The standard InChI is InChI=1S/C21H17N3O4/c1-13(25)14-2-5-16(6-3-14)23-17-7-9-20(22-11-17)24-21(26)15-4-8-18-19(10-15)28-12-27-18/h2-11,23H,12H2,1H3,(H,22,24,26). The average molecular weight is 375 g/mol. The molecule has 3 aromatic rings. The van der Waals surface area contributed by atoms with Crippen LogP contribution in [0.2, 0.25) is 0 Å². The Hall–Kier alpha value is -3.87. The van der Waals surface area contributed by atoms with Crippen LogP contribution in [-0.4, -0.2) is 23.5 Å². The summed E-state index contributed by atoms with van der Waals surface area (Å²) in [5, 5.41) is 5.94. The fourth-order valence-corrected chi connectivity index (χ4v) is 2.72. The topological polar surface area (TPSA) is 89.6 Å². The highest BCUT2D eigenvalue weighted by Crippen LogP contribution is 2.32. The molecular weight excluding hydrogens is 358 g/mol. The Morgan fingerprint density at radius 1 is 0.893 bits per heavy atom. The Morgan fingerprint density at radius 2 is 1.61 bits per heavy atom. The maximum absolute atomic E-state index is 12.4. The molecule has 0 aliphatic carbocycles. The predicted octanol–water partition coefficient (Wildman–Crippen LogP) is 4.01. The molecule has 7 heteroatoms. The van der Waals surface area contributed by atoms with Crippen molar-refractivity contribution >= 4 is 28.9 Å². The number of anilines is 3. The number of nitrogens with zero attached hydrogens (tertiary/aromatic N) is 1. The highest BCUT2D eigenvalue weighted by molar-refractivity contribution is 6.04. The Kier molecular flexibility index (Phi) is 4.63. The Balaban J connectivity index is 1.40. The number of Topliss-reactive ketones (excluding diaryl/α,β-unsaturated/α-hetero) is 1. The third kappa shape index (κ3) is 3.78. The molecule has 7 nitrogen and oxygen atoms in total. The normalized spacial score (nSPS) is 11.8. The first-order chi connectivity index (χ1) is 13.6. The molecule has 2 N–H and O–H groups in total. The van der Waals surface area contributed by atoms with Gasteiger partial charge in [0.2, 0.25) is 6.79 Å². The number of hydrogen-bond acceptors (Lipinski definition) is 6. The van der Waals surface area contributed by atoms with Gasteiger partial charge in [0.05, 0.1) is 11.9 Å². The molecule has 2 aromatic carbocycles. The fourth-order valence-electron chi connectivity index (χ4n) is 2.72. The third-order valence-corrected chi connectivity index (χ3v) is 4.22. The van der Waals surface area contributed by atoms with E-state index in [2.05, 4.69) is 15.6 Å². The lowest BCUT2D eigenvalue weighted by molar-refractivity contribution is 0.101. The Labute approximate surface area is 161 Å². The molecule has 0 unspecified atom stereocenters. The summed E-state index contributed by atoms with van der Waals surface area (Å²) in [7, 11) is 0. The third-order valence-electron chi connectivity index (χ3n) is 4.22. The van der Waals surface area contributed by atoms with E-state index in [4.69, 9.17) is 9.47 Å². The number of rotatable bonds is 5. The number of aromatic nitrogens is 1. The van der Waals surface area contributed by atoms with Crippen molar-refractivity contribution in [2.24, 2.45) is 0 Å². The van der Waals surface area contributed by atoms with Crippen molar-refractivity contribution in [1.82, 2.24) is 4.98 Å². The smallest absolute Gasteiger partial charge is 0.256 e. The Bertz CT molecular complexity index is 1030. The van der Waals surface area contributed by atoms with Gasteiger partial charge in [-0.25, -0.2) is 4.98 Å². The molecule has 140 valence electrons. The molecule has 0 fully saturated rings. The molecule has 28 heavy (non-hydrogen) atoms. The van der Waals surface area contributed by atoms with Crippen molar-refractivity contribution < 1.29 is 19.1 Å². The number of hydrogen-bond donors (Lipinski definition) is 2. The van der Waals surface area contributed by atoms with E-state index in [0.29, 0.717) is 28.4 Å². The number of carbonyl (C=O) groups excluding carboxylic acids is 2. The zero-order chi connectivity index (χ0) is 19.5. The van der Waals surface area contributed by atoms with Crippen molar-refractivity contribution in [2.45, 2.75) is 6.92 Å². The molecule has 0 spiro atoms. The van der Waals surface area contributed by atoms with Gasteiger partial charge in [0.25, 0.3) is 5.91 Å². The highest BCUT2D eigenvalue weighted by atomic mass is 16.7. The molecule has 1 aliphatic heterocycles. The summed E-state index contributed by atoms with van der Waals surface area (Å²) in [5.74, 6) is 1.35. The van der Waals surface area contributed by atoms with E-state index in [-0.39, 0.29) is 18.5 Å². The fraction of sp³-hybridized carbons (Fsp3) is 0.0952. The monoisotopic (exact) mass is 375 g/mol. The lowest BCUT2D eigenvalue weighted by Gasteiger charge is -2.09. The molecule has 1 amide bonds. The van der Waals surface area contributed by atoms with E-state index in [0.717, 1.165) is 11.4 Å². The van der Waals surface area contributed by atoms with E-state index < -0.39 is 0 Å². The van der Waals surface area contributed by atoms with E-state index >= 15 is 0 Å². The van der Waals surface area contributed by atoms with E-state index in [1.54, 1.807) is 48.7 Å². The summed E-state index contributed by atoms with van der Waals surface area (Å²) in [6, 6.07) is 15.7. The number of ketones is 1. The van der Waals surface area contributed by atoms with Crippen molar-refractivity contribution in [3.63, 3.8) is 0 Å².